The van der Waals surface area contributed by atoms with Gasteiger partial charge in [0.2, 0.25) is 0 Å². The lowest BCUT2D eigenvalue weighted by atomic mass is 10.1. The van der Waals surface area contributed by atoms with Gasteiger partial charge in [-0.15, -0.1) is 0 Å². The third-order valence-electron chi connectivity index (χ3n) is 4.84. The van der Waals surface area contributed by atoms with E-state index in [0.717, 1.165) is 28.7 Å². The molecular formula is C21H28N4O. The summed E-state index contributed by atoms with van der Waals surface area (Å²) < 4.78 is 5.35. The second-order valence-electron chi connectivity index (χ2n) is 6.85. The molecule has 2 aromatic carbocycles. The van der Waals surface area contributed by atoms with Crippen molar-refractivity contribution in [3.63, 3.8) is 0 Å². The lowest BCUT2D eigenvalue weighted by molar-refractivity contribution is 0.221. The summed E-state index contributed by atoms with van der Waals surface area (Å²) in [6, 6.07) is 14.2. The SMILES string of the molecule is Nc1ccc2[nH]ncc2c1.[HH].[HH].c1cc2cc(CN3CCCCC3)ccc2o1. The molecule has 0 aliphatic carbocycles. The van der Waals surface area contributed by atoms with Crippen molar-refractivity contribution in [2.45, 2.75) is 25.8 Å². The molecular weight excluding hydrogens is 324 g/mol. The summed E-state index contributed by atoms with van der Waals surface area (Å²) in [6.45, 7) is 3.59. The molecule has 0 spiro atoms. The van der Waals surface area contributed by atoms with Crippen LogP contribution in [-0.4, -0.2) is 28.2 Å². The number of aromatic nitrogens is 2. The Balaban J connectivity index is 0.000000204. The van der Waals surface area contributed by atoms with Gasteiger partial charge in [-0.05, 0) is 67.9 Å². The first-order valence-electron chi connectivity index (χ1n) is 9.15. The summed E-state index contributed by atoms with van der Waals surface area (Å²) in [4.78, 5) is 2.55. The van der Waals surface area contributed by atoms with Crippen LogP contribution in [0.25, 0.3) is 21.9 Å². The summed E-state index contributed by atoms with van der Waals surface area (Å²) >= 11 is 0. The molecule has 0 unspecified atom stereocenters. The molecule has 0 atom stereocenters. The van der Waals surface area contributed by atoms with Gasteiger partial charge in [-0.3, -0.25) is 10.00 Å². The van der Waals surface area contributed by atoms with Gasteiger partial charge < -0.3 is 10.2 Å². The van der Waals surface area contributed by atoms with Crippen molar-refractivity contribution in [3.05, 3.63) is 60.5 Å². The first-order chi connectivity index (χ1) is 12.8. The van der Waals surface area contributed by atoms with Gasteiger partial charge in [0.1, 0.15) is 5.58 Å². The zero-order valence-corrected chi connectivity index (χ0v) is 14.8. The number of nitrogens with one attached hydrogen (secondary N) is 1. The number of nitrogen functional groups attached to an aromatic ring is 1. The Kier molecular flexibility index (Phi) is 4.88. The van der Waals surface area contributed by atoms with E-state index < -0.39 is 0 Å². The minimum Gasteiger partial charge on any atom is -0.464 e. The average molecular weight is 352 g/mol. The predicted molar refractivity (Wildman–Crippen MR) is 110 cm³/mol. The van der Waals surface area contributed by atoms with Crippen molar-refractivity contribution in [1.29, 1.82) is 0 Å². The van der Waals surface area contributed by atoms with E-state index in [2.05, 4.69) is 33.3 Å². The van der Waals surface area contributed by atoms with Crippen molar-refractivity contribution in [3.8, 4) is 0 Å². The van der Waals surface area contributed by atoms with Gasteiger partial charge in [0.05, 0.1) is 18.0 Å². The minimum atomic E-state index is 0. The zero-order valence-electron chi connectivity index (χ0n) is 14.8. The van der Waals surface area contributed by atoms with Crippen LogP contribution in [0.3, 0.4) is 0 Å². The van der Waals surface area contributed by atoms with Gasteiger partial charge in [-0.25, -0.2) is 0 Å². The van der Waals surface area contributed by atoms with E-state index in [9.17, 15) is 0 Å². The van der Waals surface area contributed by atoms with Crippen molar-refractivity contribution in [2.24, 2.45) is 0 Å². The van der Waals surface area contributed by atoms with Crippen LogP contribution in [0.2, 0.25) is 0 Å². The number of aromatic amines is 1. The molecule has 1 saturated heterocycles. The summed E-state index contributed by atoms with van der Waals surface area (Å²) in [5.41, 5.74) is 9.72. The van der Waals surface area contributed by atoms with Gasteiger partial charge in [0.25, 0.3) is 0 Å². The van der Waals surface area contributed by atoms with Crippen molar-refractivity contribution in [2.75, 3.05) is 18.8 Å². The van der Waals surface area contributed by atoms with Crippen LogP contribution in [0.5, 0.6) is 0 Å². The molecule has 1 fully saturated rings. The fourth-order valence-electron chi connectivity index (χ4n) is 3.45. The van der Waals surface area contributed by atoms with Gasteiger partial charge >= 0.3 is 0 Å². The Morgan fingerprint density at radius 1 is 1.04 bits per heavy atom. The van der Waals surface area contributed by atoms with Gasteiger partial charge in [0.15, 0.2) is 0 Å². The summed E-state index contributed by atoms with van der Waals surface area (Å²) in [7, 11) is 0. The Morgan fingerprint density at radius 2 is 1.92 bits per heavy atom. The maximum Gasteiger partial charge on any atom is 0.133 e. The molecule has 1 aliphatic heterocycles. The van der Waals surface area contributed by atoms with Crippen LogP contribution >= 0.6 is 0 Å². The summed E-state index contributed by atoms with van der Waals surface area (Å²) in [6.07, 6.45) is 7.63. The van der Waals surface area contributed by atoms with Gasteiger partial charge in [-0.1, -0.05) is 12.5 Å². The van der Waals surface area contributed by atoms with Crippen LogP contribution in [0.1, 0.15) is 27.7 Å². The van der Waals surface area contributed by atoms with Crippen molar-refractivity contribution < 1.29 is 7.27 Å². The molecule has 138 valence electrons. The molecule has 0 bridgehead atoms. The fraction of sp³-hybridized carbons (Fsp3) is 0.286. The Bertz CT molecular complexity index is 992. The molecule has 3 N–H and O–H groups in total. The Hall–Kier alpha value is -2.79. The molecule has 0 radical (unpaired) electrons. The second-order valence-corrected chi connectivity index (χ2v) is 6.85. The van der Waals surface area contributed by atoms with Gasteiger partial charge in [-0.2, -0.15) is 5.10 Å². The molecule has 0 amide bonds. The quantitative estimate of drug-likeness (QED) is 0.495. The first-order valence-corrected chi connectivity index (χ1v) is 9.15. The Morgan fingerprint density at radius 3 is 2.81 bits per heavy atom. The number of hydrogen-bond donors (Lipinski definition) is 2. The second kappa shape index (κ2) is 7.62. The van der Waals surface area contributed by atoms with E-state index >= 15 is 0 Å². The van der Waals surface area contributed by atoms with Crippen LogP contribution < -0.4 is 5.73 Å². The average Bonchev–Trinajstić information content (AvgIpc) is 3.31. The molecule has 5 nitrogen and oxygen atoms in total. The Labute approximate surface area is 155 Å². The number of benzene rings is 2. The third-order valence-corrected chi connectivity index (χ3v) is 4.84. The van der Waals surface area contributed by atoms with E-state index in [4.69, 9.17) is 10.2 Å². The fourth-order valence-corrected chi connectivity index (χ4v) is 3.45. The van der Waals surface area contributed by atoms with E-state index in [1.807, 2.05) is 24.3 Å². The molecule has 0 saturated carbocycles. The van der Waals surface area contributed by atoms with Crippen molar-refractivity contribution >= 4 is 27.6 Å². The monoisotopic (exact) mass is 352 g/mol. The number of furan rings is 1. The van der Waals surface area contributed by atoms with Crippen LogP contribution in [0.15, 0.2) is 59.3 Å². The molecule has 1 aliphatic rings. The topological polar surface area (TPSA) is 71.1 Å². The standard InChI is InChI=1S/C14H17NO.C7H7N3.2H2/c1-2-7-15(8-3-1)11-12-4-5-14-13(10-12)6-9-16-14;8-6-1-2-7-5(3-6)4-9-10-7;;/h4-6,9-10H,1-3,7-8,11H2;1-4H,8H2,(H,9,10);2*1H. The smallest absolute Gasteiger partial charge is 0.133 e. The number of rotatable bonds is 2. The van der Waals surface area contributed by atoms with Crippen LogP contribution in [0, 0.1) is 0 Å². The third kappa shape index (κ3) is 3.89. The minimum absolute atomic E-state index is 0. The number of piperidine rings is 1. The maximum atomic E-state index is 5.54. The highest BCUT2D eigenvalue weighted by Crippen LogP contribution is 2.19. The molecule has 4 aromatic rings. The number of likely N-dealkylation sites (tertiary alicyclic amines) is 1. The van der Waals surface area contributed by atoms with E-state index in [1.54, 1.807) is 12.5 Å². The number of nitrogens with zero attached hydrogens (tertiary/aromatic N) is 2. The predicted octanol–water partition coefficient (Wildman–Crippen LogP) is 5.06. The molecule has 2 aromatic heterocycles. The number of H-pyrrole nitrogens is 1. The van der Waals surface area contributed by atoms with E-state index in [0.29, 0.717) is 0 Å². The molecule has 26 heavy (non-hydrogen) atoms. The number of anilines is 1. The molecule has 5 rings (SSSR count). The molecule has 3 heterocycles. The number of nitrogens with two attached hydrogens (primary N) is 1. The lowest BCUT2D eigenvalue weighted by Gasteiger charge is -2.26. The highest BCUT2D eigenvalue weighted by Gasteiger charge is 2.10. The number of fused-ring (bicyclic) bond motifs is 2. The zero-order chi connectivity index (χ0) is 17.8. The highest BCUT2D eigenvalue weighted by atomic mass is 16.3. The lowest BCUT2D eigenvalue weighted by Crippen LogP contribution is -2.28. The highest BCUT2D eigenvalue weighted by molar-refractivity contribution is 5.81. The normalized spacial score (nSPS) is 15.1. The summed E-state index contributed by atoms with van der Waals surface area (Å²) in [5.74, 6) is 0. The maximum absolute atomic E-state index is 5.54. The van der Waals surface area contributed by atoms with E-state index in [-0.39, 0.29) is 2.85 Å². The summed E-state index contributed by atoms with van der Waals surface area (Å²) in [5, 5.41) is 8.98. The van der Waals surface area contributed by atoms with Crippen LogP contribution in [0.4, 0.5) is 5.69 Å². The van der Waals surface area contributed by atoms with Gasteiger partial charge in [0, 0.05) is 25.9 Å². The first kappa shape index (κ1) is 16.7. The number of hydrogen-bond acceptors (Lipinski definition) is 4. The van der Waals surface area contributed by atoms with Crippen LogP contribution in [-0.2, 0) is 6.54 Å². The molecule has 5 heteroatoms. The largest absolute Gasteiger partial charge is 0.464 e. The van der Waals surface area contributed by atoms with E-state index in [1.165, 1.54) is 43.3 Å². The van der Waals surface area contributed by atoms with Crippen molar-refractivity contribution in [1.82, 2.24) is 15.1 Å².